The maximum absolute atomic E-state index is 14.0. The molecule has 170 valence electrons. The molecule has 6 nitrogen and oxygen atoms in total. The average Bonchev–Trinajstić information content (AvgIpc) is 3.32. The van der Waals surface area contributed by atoms with Crippen LogP contribution in [0, 0.1) is 12.8 Å². The Hall–Kier alpha value is -2.08. The van der Waals surface area contributed by atoms with E-state index >= 15 is 0 Å². The summed E-state index contributed by atoms with van der Waals surface area (Å²) in [7, 11) is 1.75. The summed E-state index contributed by atoms with van der Waals surface area (Å²) >= 11 is 0. The average molecular weight is 427 g/mol. The summed E-state index contributed by atoms with van der Waals surface area (Å²) in [6, 6.07) is 0.277. The number of hydrogen-bond donors (Lipinski definition) is 1. The zero-order valence-corrected chi connectivity index (χ0v) is 19.9. The highest BCUT2D eigenvalue weighted by Gasteiger charge is 2.48. The lowest BCUT2D eigenvalue weighted by Crippen LogP contribution is -2.48. The molecule has 1 fully saturated rings. The van der Waals surface area contributed by atoms with E-state index in [-0.39, 0.29) is 29.1 Å². The highest BCUT2D eigenvalue weighted by atomic mass is 16.5. The summed E-state index contributed by atoms with van der Waals surface area (Å²) < 4.78 is 7.75. The first-order chi connectivity index (χ1) is 14.8. The zero-order chi connectivity index (χ0) is 22.4. The molecule has 0 radical (unpaired) electrons. The molecule has 31 heavy (non-hydrogen) atoms. The van der Waals surface area contributed by atoms with Crippen LogP contribution < -0.4 is 5.32 Å². The van der Waals surface area contributed by atoms with Crippen molar-refractivity contribution in [3.8, 4) is 0 Å². The number of nitrogens with zero attached hydrogens (tertiary/aromatic N) is 3. The van der Waals surface area contributed by atoms with Gasteiger partial charge in [-0.2, -0.15) is 5.10 Å². The van der Waals surface area contributed by atoms with Crippen molar-refractivity contribution in [1.29, 1.82) is 0 Å². The summed E-state index contributed by atoms with van der Waals surface area (Å²) in [6.45, 7) is 11.4. The van der Waals surface area contributed by atoms with Gasteiger partial charge in [-0.05, 0) is 52.9 Å². The molecular formula is C25H38N4O2. The molecule has 1 aliphatic carbocycles. The molecular weight excluding hydrogens is 388 g/mol. The normalized spacial score (nSPS) is 28.5. The maximum Gasteiger partial charge on any atom is 0.260 e. The summed E-state index contributed by atoms with van der Waals surface area (Å²) in [5.74, 6) is 1.39. The number of aromatic nitrogens is 2. The van der Waals surface area contributed by atoms with Crippen molar-refractivity contribution in [3.05, 3.63) is 35.6 Å². The van der Waals surface area contributed by atoms with Gasteiger partial charge in [0.25, 0.3) is 5.91 Å². The minimum absolute atomic E-state index is 0.0880. The second-order valence-corrected chi connectivity index (χ2v) is 10.1. The number of methoxy groups -OCH3 is 1. The van der Waals surface area contributed by atoms with Crippen LogP contribution in [0.15, 0.2) is 24.3 Å². The van der Waals surface area contributed by atoms with E-state index in [1.165, 1.54) is 0 Å². The number of allylic oxidation sites excluding steroid dienone is 3. The van der Waals surface area contributed by atoms with Crippen molar-refractivity contribution in [1.82, 2.24) is 14.7 Å². The van der Waals surface area contributed by atoms with Crippen LogP contribution in [0.25, 0.3) is 0 Å². The third-order valence-corrected chi connectivity index (χ3v) is 7.88. The van der Waals surface area contributed by atoms with Crippen LogP contribution in [-0.4, -0.2) is 51.9 Å². The molecule has 0 saturated carbocycles. The van der Waals surface area contributed by atoms with E-state index in [1.54, 1.807) is 7.11 Å². The Labute approximate surface area is 186 Å². The fourth-order valence-electron chi connectivity index (χ4n) is 5.87. The fraction of sp³-hybridized carbons (Fsp3) is 0.680. The standard InChI is InChI=1S/C25H38N4O2/c1-7-25(8-2)14-19(31-6)16-28(25)23(30)21-17(3)27-29-22(21)26-20(15-24(29,4)5)18-12-10-9-11-13-18/h9-12,18-20,26H,7-8,13-16H2,1-6H3/t18?,19-,20-/m1/s1. The van der Waals surface area contributed by atoms with Gasteiger partial charge in [0.2, 0.25) is 0 Å². The molecule has 1 saturated heterocycles. The van der Waals surface area contributed by atoms with E-state index in [0.29, 0.717) is 12.5 Å². The maximum atomic E-state index is 14.0. The summed E-state index contributed by atoms with van der Waals surface area (Å²) in [4.78, 5) is 16.1. The quantitative estimate of drug-likeness (QED) is 0.744. The summed E-state index contributed by atoms with van der Waals surface area (Å²) in [5.41, 5.74) is 1.23. The molecule has 1 unspecified atom stereocenters. The van der Waals surface area contributed by atoms with Gasteiger partial charge in [-0.3, -0.25) is 4.79 Å². The number of nitrogens with one attached hydrogen (secondary N) is 1. The van der Waals surface area contributed by atoms with Gasteiger partial charge in [0.15, 0.2) is 0 Å². The number of carbonyl (C=O) groups excluding carboxylic acids is 1. The second-order valence-electron chi connectivity index (χ2n) is 10.1. The van der Waals surface area contributed by atoms with Crippen molar-refractivity contribution in [2.75, 3.05) is 19.0 Å². The van der Waals surface area contributed by atoms with Gasteiger partial charge in [-0.25, -0.2) is 4.68 Å². The molecule has 4 rings (SSSR count). The molecule has 6 heteroatoms. The number of carbonyl (C=O) groups is 1. The Kier molecular flexibility index (Phi) is 5.80. The molecule has 1 amide bonds. The minimum Gasteiger partial charge on any atom is -0.380 e. The number of hydrogen-bond acceptors (Lipinski definition) is 4. The number of rotatable bonds is 5. The predicted molar refractivity (Wildman–Crippen MR) is 124 cm³/mol. The van der Waals surface area contributed by atoms with Crippen LogP contribution in [0.2, 0.25) is 0 Å². The molecule has 0 bridgehead atoms. The minimum atomic E-state index is -0.157. The molecule has 0 spiro atoms. The Morgan fingerprint density at radius 2 is 2.00 bits per heavy atom. The van der Waals surface area contributed by atoms with Gasteiger partial charge >= 0.3 is 0 Å². The largest absolute Gasteiger partial charge is 0.380 e. The lowest BCUT2D eigenvalue weighted by molar-refractivity contribution is 0.0563. The van der Waals surface area contributed by atoms with E-state index < -0.39 is 0 Å². The summed E-state index contributed by atoms with van der Waals surface area (Å²) in [5, 5.41) is 8.60. The van der Waals surface area contributed by atoms with Gasteiger partial charge in [0, 0.05) is 31.2 Å². The van der Waals surface area contributed by atoms with Crippen LogP contribution in [0.5, 0.6) is 0 Å². The zero-order valence-electron chi connectivity index (χ0n) is 19.9. The van der Waals surface area contributed by atoms with E-state index in [4.69, 9.17) is 9.84 Å². The van der Waals surface area contributed by atoms with Gasteiger partial charge < -0.3 is 15.0 Å². The van der Waals surface area contributed by atoms with Gasteiger partial charge in [0.05, 0.1) is 17.3 Å². The Morgan fingerprint density at radius 3 is 2.61 bits per heavy atom. The number of aryl methyl sites for hydroxylation is 1. The Balaban J connectivity index is 1.72. The van der Waals surface area contributed by atoms with E-state index in [0.717, 1.165) is 49.2 Å². The first kappa shape index (κ1) is 22.1. The highest BCUT2D eigenvalue weighted by molar-refractivity contribution is 6.01. The molecule has 3 heterocycles. The molecule has 1 aromatic rings. The Bertz CT molecular complexity index is 894. The SMILES string of the molecule is CCC1(CC)C[C@@H](OC)CN1C(=O)c1c(C)nn2c1N[C@@H](C1C=CC=CC1)CC2(C)C. The fourth-order valence-corrected chi connectivity index (χ4v) is 5.87. The lowest BCUT2D eigenvalue weighted by Gasteiger charge is -2.41. The van der Waals surface area contributed by atoms with Crippen LogP contribution >= 0.6 is 0 Å². The van der Waals surface area contributed by atoms with Crippen molar-refractivity contribution in [2.45, 2.75) is 89.9 Å². The molecule has 3 aliphatic rings. The molecule has 1 aromatic heterocycles. The van der Waals surface area contributed by atoms with Crippen LogP contribution in [0.3, 0.4) is 0 Å². The van der Waals surface area contributed by atoms with Gasteiger partial charge in [0.1, 0.15) is 11.4 Å². The first-order valence-electron chi connectivity index (χ1n) is 11.8. The second kappa shape index (κ2) is 8.12. The van der Waals surface area contributed by atoms with Crippen LogP contribution in [-0.2, 0) is 10.3 Å². The van der Waals surface area contributed by atoms with Crippen molar-refractivity contribution in [3.63, 3.8) is 0 Å². The third-order valence-electron chi connectivity index (χ3n) is 7.88. The summed E-state index contributed by atoms with van der Waals surface area (Å²) in [6.07, 6.45) is 13.6. The topological polar surface area (TPSA) is 59.4 Å². The third kappa shape index (κ3) is 3.63. The first-order valence-corrected chi connectivity index (χ1v) is 11.8. The van der Waals surface area contributed by atoms with Gasteiger partial charge in [-0.1, -0.05) is 38.2 Å². The van der Waals surface area contributed by atoms with Crippen molar-refractivity contribution >= 4 is 11.7 Å². The monoisotopic (exact) mass is 426 g/mol. The highest BCUT2D eigenvalue weighted by Crippen LogP contribution is 2.42. The molecule has 3 atom stereocenters. The van der Waals surface area contributed by atoms with Crippen LogP contribution in [0.4, 0.5) is 5.82 Å². The van der Waals surface area contributed by atoms with E-state index in [2.05, 4.69) is 66.9 Å². The lowest BCUT2D eigenvalue weighted by atomic mass is 9.82. The number of anilines is 1. The van der Waals surface area contributed by atoms with Crippen LogP contribution in [0.1, 0.15) is 75.9 Å². The number of amides is 1. The van der Waals surface area contributed by atoms with Crippen molar-refractivity contribution in [2.24, 2.45) is 5.92 Å². The number of fused-ring (bicyclic) bond motifs is 1. The van der Waals surface area contributed by atoms with E-state index in [9.17, 15) is 4.79 Å². The smallest absolute Gasteiger partial charge is 0.260 e. The number of ether oxygens (including phenoxy) is 1. The molecule has 0 aromatic carbocycles. The van der Waals surface area contributed by atoms with Gasteiger partial charge in [-0.15, -0.1) is 0 Å². The van der Waals surface area contributed by atoms with Crippen molar-refractivity contribution < 1.29 is 9.53 Å². The van der Waals surface area contributed by atoms with E-state index in [1.807, 2.05) is 6.92 Å². The molecule has 2 aliphatic heterocycles. The Morgan fingerprint density at radius 1 is 1.26 bits per heavy atom. The molecule has 1 N–H and O–H groups in total. The predicted octanol–water partition coefficient (Wildman–Crippen LogP) is 4.66. The number of likely N-dealkylation sites (tertiary alicyclic amines) is 1.